The lowest BCUT2D eigenvalue weighted by Gasteiger charge is -2.22. The van der Waals surface area contributed by atoms with Gasteiger partial charge in [-0.05, 0) is 58.7 Å². The van der Waals surface area contributed by atoms with Crippen LogP contribution in [-0.4, -0.2) is 41.3 Å². The maximum Gasteiger partial charge on any atom is 0.410 e. The maximum atomic E-state index is 13.2. The van der Waals surface area contributed by atoms with Crippen molar-refractivity contribution in [2.45, 2.75) is 24.8 Å². The molecule has 1 fully saturated rings. The van der Waals surface area contributed by atoms with Gasteiger partial charge in [-0.1, -0.05) is 60.7 Å². The summed E-state index contributed by atoms with van der Waals surface area (Å²) in [4.78, 5) is 26.1. The Morgan fingerprint density at radius 2 is 1.55 bits per heavy atom. The standard InChI is InChI=1S/C27H24FNO4/c28-19-11-9-17(10-12-19)13-18-14-25(26(30)31)29(15-18)27(32)33-16-24-22-7-3-1-5-20(22)21-6-2-4-8-23(21)24/h1-12,18,24-25H,13-16H2,(H,30,31)/t18-,25-/m1/s1. The minimum Gasteiger partial charge on any atom is -0.480 e. The topological polar surface area (TPSA) is 66.8 Å². The van der Waals surface area contributed by atoms with E-state index in [1.54, 1.807) is 12.1 Å². The van der Waals surface area contributed by atoms with Crippen LogP contribution in [0.5, 0.6) is 0 Å². The molecule has 0 radical (unpaired) electrons. The van der Waals surface area contributed by atoms with Gasteiger partial charge < -0.3 is 9.84 Å². The molecule has 0 bridgehead atoms. The van der Waals surface area contributed by atoms with Crippen molar-refractivity contribution in [1.29, 1.82) is 0 Å². The number of halogens is 1. The van der Waals surface area contributed by atoms with Crippen molar-refractivity contribution in [1.82, 2.24) is 4.90 Å². The molecule has 1 amide bonds. The SMILES string of the molecule is O=C(O)[C@H]1C[C@@H](Cc2ccc(F)cc2)CN1C(=O)OCC1c2ccccc2-c2ccccc21. The number of likely N-dealkylation sites (tertiary alicyclic amines) is 1. The number of nitrogens with zero attached hydrogens (tertiary/aromatic N) is 1. The molecule has 1 heterocycles. The van der Waals surface area contributed by atoms with E-state index in [0.717, 1.165) is 27.8 Å². The first-order valence-electron chi connectivity index (χ1n) is 11.1. The van der Waals surface area contributed by atoms with Crippen molar-refractivity contribution < 1.29 is 23.8 Å². The quantitative estimate of drug-likeness (QED) is 0.594. The zero-order chi connectivity index (χ0) is 22.9. The number of carbonyl (C=O) groups excluding carboxylic acids is 1. The third kappa shape index (κ3) is 4.09. The van der Waals surface area contributed by atoms with Crippen molar-refractivity contribution in [2.75, 3.05) is 13.2 Å². The molecule has 5 nitrogen and oxygen atoms in total. The summed E-state index contributed by atoms with van der Waals surface area (Å²) in [5, 5.41) is 9.69. The molecule has 0 unspecified atom stereocenters. The zero-order valence-corrected chi connectivity index (χ0v) is 18.0. The number of ether oxygens (including phenoxy) is 1. The fourth-order valence-electron chi connectivity index (χ4n) is 5.14. The van der Waals surface area contributed by atoms with Gasteiger partial charge in [-0.3, -0.25) is 4.90 Å². The molecular weight excluding hydrogens is 421 g/mol. The van der Waals surface area contributed by atoms with Gasteiger partial charge in [0.2, 0.25) is 0 Å². The normalized spacial score (nSPS) is 19.2. The summed E-state index contributed by atoms with van der Waals surface area (Å²) in [6, 6.07) is 21.4. The molecule has 0 aromatic heterocycles. The summed E-state index contributed by atoms with van der Waals surface area (Å²) < 4.78 is 18.9. The van der Waals surface area contributed by atoms with Crippen LogP contribution in [0.2, 0.25) is 0 Å². The van der Waals surface area contributed by atoms with Crippen molar-refractivity contribution >= 4 is 12.1 Å². The second kappa shape index (κ2) is 8.70. The van der Waals surface area contributed by atoms with E-state index in [4.69, 9.17) is 4.74 Å². The second-order valence-corrected chi connectivity index (χ2v) is 8.74. The van der Waals surface area contributed by atoms with E-state index < -0.39 is 18.1 Å². The average molecular weight is 445 g/mol. The molecule has 1 aliphatic carbocycles. The fourth-order valence-corrected chi connectivity index (χ4v) is 5.14. The number of carboxylic acids is 1. The minimum absolute atomic E-state index is 0.0305. The van der Waals surface area contributed by atoms with Crippen LogP contribution < -0.4 is 0 Å². The van der Waals surface area contributed by atoms with E-state index in [1.807, 2.05) is 36.4 Å². The summed E-state index contributed by atoms with van der Waals surface area (Å²) in [6.45, 7) is 0.448. The number of hydrogen-bond acceptors (Lipinski definition) is 3. The molecule has 0 spiro atoms. The Kier molecular flexibility index (Phi) is 5.58. The Labute approximate surface area is 191 Å². The van der Waals surface area contributed by atoms with Gasteiger partial charge in [-0.2, -0.15) is 0 Å². The van der Waals surface area contributed by atoms with Crippen LogP contribution in [0.1, 0.15) is 29.0 Å². The van der Waals surface area contributed by atoms with E-state index in [1.165, 1.54) is 17.0 Å². The largest absolute Gasteiger partial charge is 0.480 e. The molecule has 3 aromatic carbocycles. The molecule has 1 N–H and O–H groups in total. The minimum atomic E-state index is -1.04. The number of aliphatic carboxylic acids is 1. The third-order valence-corrected chi connectivity index (χ3v) is 6.68. The lowest BCUT2D eigenvalue weighted by molar-refractivity contribution is -0.141. The molecule has 33 heavy (non-hydrogen) atoms. The second-order valence-electron chi connectivity index (χ2n) is 8.74. The summed E-state index contributed by atoms with van der Waals surface area (Å²) in [5.74, 6) is -1.46. The predicted octanol–water partition coefficient (Wildman–Crippen LogP) is 5.09. The number of carboxylic acid groups (broad SMARTS) is 1. The summed E-state index contributed by atoms with van der Waals surface area (Å²) in [6.07, 6.45) is 0.319. The number of amides is 1. The third-order valence-electron chi connectivity index (χ3n) is 6.68. The molecule has 168 valence electrons. The molecule has 2 aliphatic rings. The van der Waals surface area contributed by atoms with Crippen LogP contribution in [0.15, 0.2) is 72.8 Å². The molecule has 0 saturated carbocycles. The number of benzene rings is 3. The van der Waals surface area contributed by atoms with E-state index in [2.05, 4.69) is 12.1 Å². The first kappa shape index (κ1) is 21.2. The average Bonchev–Trinajstić information content (AvgIpc) is 3.39. The fraction of sp³-hybridized carbons (Fsp3) is 0.259. The number of rotatable bonds is 5. The molecule has 1 saturated heterocycles. The van der Waals surface area contributed by atoms with Gasteiger partial charge >= 0.3 is 12.1 Å². The first-order chi connectivity index (χ1) is 16.0. The molecule has 2 atom stereocenters. The van der Waals surface area contributed by atoms with E-state index in [-0.39, 0.29) is 24.3 Å². The monoisotopic (exact) mass is 445 g/mol. The number of fused-ring (bicyclic) bond motifs is 3. The highest BCUT2D eigenvalue weighted by atomic mass is 19.1. The molecule has 6 heteroatoms. The van der Waals surface area contributed by atoms with Gasteiger partial charge in [0.05, 0.1) is 0 Å². The van der Waals surface area contributed by atoms with Crippen LogP contribution in [0.4, 0.5) is 9.18 Å². The van der Waals surface area contributed by atoms with Gasteiger partial charge in [0, 0.05) is 12.5 Å². The summed E-state index contributed by atoms with van der Waals surface area (Å²) >= 11 is 0. The lowest BCUT2D eigenvalue weighted by Crippen LogP contribution is -2.41. The van der Waals surface area contributed by atoms with Gasteiger partial charge in [-0.15, -0.1) is 0 Å². The van der Waals surface area contributed by atoms with Crippen molar-refractivity contribution in [3.8, 4) is 11.1 Å². The maximum absolute atomic E-state index is 13.2. The van der Waals surface area contributed by atoms with Crippen LogP contribution in [0, 0.1) is 11.7 Å². The van der Waals surface area contributed by atoms with Crippen LogP contribution >= 0.6 is 0 Å². The molecule has 5 rings (SSSR count). The highest BCUT2D eigenvalue weighted by Crippen LogP contribution is 2.44. The predicted molar refractivity (Wildman–Crippen MR) is 121 cm³/mol. The summed E-state index contributed by atoms with van der Waals surface area (Å²) in [5.41, 5.74) is 5.41. The van der Waals surface area contributed by atoms with Crippen LogP contribution in [0.25, 0.3) is 11.1 Å². The van der Waals surface area contributed by atoms with Gasteiger partial charge in [0.25, 0.3) is 0 Å². The Balaban J connectivity index is 1.29. The van der Waals surface area contributed by atoms with Crippen molar-refractivity contribution in [3.63, 3.8) is 0 Å². The Morgan fingerprint density at radius 3 is 2.15 bits per heavy atom. The number of hydrogen-bond donors (Lipinski definition) is 1. The Bertz CT molecular complexity index is 1150. The molecular formula is C27H24FNO4. The Morgan fingerprint density at radius 1 is 0.939 bits per heavy atom. The van der Waals surface area contributed by atoms with E-state index in [9.17, 15) is 19.1 Å². The van der Waals surface area contributed by atoms with Crippen molar-refractivity contribution in [3.05, 3.63) is 95.3 Å². The van der Waals surface area contributed by atoms with Gasteiger partial charge in [0.15, 0.2) is 0 Å². The van der Waals surface area contributed by atoms with Gasteiger partial charge in [0.1, 0.15) is 18.5 Å². The molecule has 3 aromatic rings. The van der Waals surface area contributed by atoms with Crippen LogP contribution in [0.3, 0.4) is 0 Å². The lowest BCUT2D eigenvalue weighted by atomic mass is 9.97. The highest BCUT2D eigenvalue weighted by Gasteiger charge is 2.41. The molecule has 1 aliphatic heterocycles. The van der Waals surface area contributed by atoms with Crippen LogP contribution in [-0.2, 0) is 16.0 Å². The highest BCUT2D eigenvalue weighted by molar-refractivity contribution is 5.81. The summed E-state index contributed by atoms with van der Waals surface area (Å²) in [7, 11) is 0. The smallest absolute Gasteiger partial charge is 0.410 e. The Hall–Kier alpha value is -3.67. The zero-order valence-electron chi connectivity index (χ0n) is 18.0. The van der Waals surface area contributed by atoms with Crippen molar-refractivity contribution in [2.24, 2.45) is 5.92 Å². The number of carbonyl (C=O) groups is 2. The van der Waals surface area contributed by atoms with Gasteiger partial charge in [-0.25, -0.2) is 14.0 Å². The van der Waals surface area contributed by atoms with E-state index in [0.29, 0.717) is 19.4 Å². The first-order valence-corrected chi connectivity index (χ1v) is 11.1. The van der Waals surface area contributed by atoms with E-state index >= 15 is 0 Å².